The Morgan fingerprint density at radius 1 is 0.893 bits per heavy atom. The first kappa shape index (κ1) is 18.6. The SMILES string of the molecule is CCCCNC(=S)NCC(c1c[nH]c2ccccc12)c1c[nH]c2ccccc12. The van der Waals surface area contributed by atoms with Crippen molar-refractivity contribution >= 4 is 39.1 Å². The molecule has 0 amide bonds. The number of nitrogens with one attached hydrogen (secondary N) is 4. The van der Waals surface area contributed by atoms with E-state index in [1.165, 1.54) is 21.9 Å². The number of benzene rings is 2. The molecule has 4 nitrogen and oxygen atoms in total. The van der Waals surface area contributed by atoms with Crippen LogP contribution in [0.2, 0.25) is 0 Å². The van der Waals surface area contributed by atoms with Crippen molar-refractivity contribution in [2.45, 2.75) is 25.7 Å². The van der Waals surface area contributed by atoms with Crippen molar-refractivity contribution in [2.75, 3.05) is 13.1 Å². The summed E-state index contributed by atoms with van der Waals surface area (Å²) in [7, 11) is 0. The summed E-state index contributed by atoms with van der Waals surface area (Å²) in [6, 6.07) is 16.9. The van der Waals surface area contributed by atoms with Crippen LogP contribution in [0.5, 0.6) is 0 Å². The molecule has 0 radical (unpaired) electrons. The first-order valence-electron chi connectivity index (χ1n) is 9.91. The van der Waals surface area contributed by atoms with E-state index in [9.17, 15) is 0 Å². The number of H-pyrrole nitrogens is 2. The van der Waals surface area contributed by atoms with Gasteiger partial charge in [-0.25, -0.2) is 0 Å². The van der Waals surface area contributed by atoms with Gasteiger partial charge in [0.25, 0.3) is 0 Å². The van der Waals surface area contributed by atoms with Gasteiger partial charge in [0, 0.05) is 53.2 Å². The van der Waals surface area contributed by atoms with Gasteiger partial charge in [-0.1, -0.05) is 49.7 Å². The number of aromatic amines is 2. The average Bonchev–Trinajstić information content (AvgIpc) is 3.34. The number of hydrogen-bond acceptors (Lipinski definition) is 1. The van der Waals surface area contributed by atoms with Crippen LogP contribution in [0, 0.1) is 0 Å². The van der Waals surface area contributed by atoms with E-state index in [4.69, 9.17) is 12.2 Å². The zero-order valence-corrected chi connectivity index (χ0v) is 16.9. The molecule has 0 atom stereocenters. The molecule has 0 aliphatic rings. The number of fused-ring (bicyclic) bond motifs is 2. The summed E-state index contributed by atoms with van der Waals surface area (Å²) in [6.45, 7) is 3.83. The summed E-state index contributed by atoms with van der Waals surface area (Å²) in [5, 5.41) is 9.98. The molecule has 0 fully saturated rings. The molecule has 144 valence electrons. The van der Waals surface area contributed by atoms with Crippen LogP contribution in [-0.2, 0) is 0 Å². The normalized spacial score (nSPS) is 11.4. The lowest BCUT2D eigenvalue weighted by molar-refractivity contribution is 0.717. The summed E-state index contributed by atoms with van der Waals surface area (Å²) < 4.78 is 0. The highest BCUT2D eigenvalue weighted by Gasteiger charge is 2.21. The van der Waals surface area contributed by atoms with Crippen LogP contribution in [0.3, 0.4) is 0 Å². The van der Waals surface area contributed by atoms with Crippen molar-refractivity contribution in [2.24, 2.45) is 0 Å². The van der Waals surface area contributed by atoms with Crippen molar-refractivity contribution in [3.8, 4) is 0 Å². The van der Waals surface area contributed by atoms with E-state index in [0.29, 0.717) is 0 Å². The average molecular weight is 391 g/mol. The maximum Gasteiger partial charge on any atom is 0.166 e. The summed E-state index contributed by atoms with van der Waals surface area (Å²) in [6.07, 6.45) is 6.54. The number of aromatic nitrogens is 2. The van der Waals surface area contributed by atoms with Crippen LogP contribution in [0.15, 0.2) is 60.9 Å². The molecular weight excluding hydrogens is 364 g/mol. The molecular formula is C23H26N4S. The standard InChI is InChI=1S/C23H26N4S/c1-2-3-12-24-23(28)27-15-20(18-13-25-21-10-6-4-8-16(18)21)19-14-26-22-11-7-5-9-17(19)22/h4-11,13-14,20,25-26H,2-3,12,15H2,1H3,(H2,24,27,28). The Morgan fingerprint density at radius 2 is 1.46 bits per heavy atom. The van der Waals surface area contributed by atoms with Crippen LogP contribution in [-0.4, -0.2) is 28.2 Å². The van der Waals surface area contributed by atoms with Crippen LogP contribution >= 0.6 is 12.2 Å². The molecule has 5 heteroatoms. The summed E-state index contributed by atoms with van der Waals surface area (Å²) >= 11 is 5.50. The van der Waals surface area contributed by atoms with Crippen LogP contribution in [0.1, 0.15) is 36.8 Å². The van der Waals surface area contributed by atoms with Gasteiger partial charge in [-0.15, -0.1) is 0 Å². The lowest BCUT2D eigenvalue weighted by Crippen LogP contribution is -2.38. The molecule has 0 saturated heterocycles. The minimum Gasteiger partial charge on any atom is -0.363 e. The minimum absolute atomic E-state index is 0.179. The fraction of sp³-hybridized carbons (Fsp3) is 0.261. The van der Waals surface area contributed by atoms with Crippen molar-refractivity contribution in [1.29, 1.82) is 0 Å². The number of para-hydroxylation sites is 2. The van der Waals surface area contributed by atoms with Crippen molar-refractivity contribution in [3.63, 3.8) is 0 Å². The third kappa shape index (κ3) is 3.76. The number of hydrogen-bond donors (Lipinski definition) is 4. The van der Waals surface area contributed by atoms with Gasteiger partial charge in [0.2, 0.25) is 0 Å². The molecule has 2 aromatic carbocycles. The second kappa shape index (κ2) is 8.48. The molecule has 28 heavy (non-hydrogen) atoms. The van der Waals surface area contributed by atoms with E-state index in [-0.39, 0.29) is 5.92 Å². The third-order valence-corrected chi connectivity index (χ3v) is 5.56. The predicted octanol–water partition coefficient (Wildman–Crippen LogP) is 5.05. The molecule has 4 rings (SSSR count). The molecule has 0 bridgehead atoms. The number of rotatable bonds is 7. The van der Waals surface area contributed by atoms with E-state index in [1.807, 2.05) is 0 Å². The van der Waals surface area contributed by atoms with E-state index >= 15 is 0 Å². The highest BCUT2D eigenvalue weighted by Crippen LogP contribution is 2.34. The topological polar surface area (TPSA) is 55.6 Å². The first-order valence-corrected chi connectivity index (χ1v) is 10.3. The molecule has 0 aliphatic carbocycles. The molecule has 0 unspecified atom stereocenters. The number of unbranched alkanes of at least 4 members (excludes halogenated alkanes) is 1. The van der Waals surface area contributed by atoms with E-state index in [2.05, 4.69) is 88.4 Å². The fourth-order valence-electron chi connectivity index (χ4n) is 3.79. The quantitative estimate of drug-likeness (QED) is 0.264. The highest BCUT2D eigenvalue weighted by atomic mass is 32.1. The largest absolute Gasteiger partial charge is 0.363 e. The highest BCUT2D eigenvalue weighted by molar-refractivity contribution is 7.80. The van der Waals surface area contributed by atoms with Crippen LogP contribution in [0.25, 0.3) is 21.8 Å². The van der Waals surface area contributed by atoms with Gasteiger partial charge in [0.15, 0.2) is 5.11 Å². The second-order valence-corrected chi connectivity index (χ2v) is 7.53. The molecule has 0 spiro atoms. The molecule has 0 aliphatic heterocycles. The molecule has 4 N–H and O–H groups in total. The number of thiocarbonyl (C=S) groups is 1. The monoisotopic (exact) mass is 390 g/mol. The van der Waals surface area contributed by atoms with E-state index in [0.717, 1.165) is 42.1 Å². The summed E-state index contributed by atoms with van der Waals surface area (Å²) in [5.41, 5.74) is 4.88. The van der Waals surface area contributed by atoms with Crippen molar-refractivity contribution in [3.05, 3.63) is 72.1 Å². The van der Waals surface area contributed by atoms with Gasteiger partial charge in [0.05, 0.1) is 0 Å². The summed E-state index contributed by atoms with van der Waals surface area (Å²) in [4.78, 5) is 6.84. The Hall–Kier alpha value is -2.79. The molecule has 4 aromatic rings. The zero-order chi connectivity index (χ0) is 19.3. The van der Waals surface area contributed by atoms with Gasteiger partial charge in [-0.05, 0) is 41.9 Å². The van der Waals surface area contributed by atoms with Gasteiger partial charge >= 0.3 is 0 Å². The van der Waals surface area contributed by atoms with Crippen molar-refractivity contribution < 1.29 is 0 Å². The molecule has 2 heterocycles. The lowest BCUT2D eigenvalue weighted by atomic mass is 9.90. The molecule has 2 aromatic heterocycles. The van der Waals surface area contributed by atoms with Gasteiger partial charge < -0.3 is 20.6 Å². The first-order chi connectivity index (χ1) is 13.8. The maximum atomic E-state index is 5.50. The van der Waals surface area contributed by atoms with E-state index in [1.54, 1.807) is 0 Å². The predicted molar refractivity (Wildman–Crippen MR) is 122 cm³/mol. The zero-order valence-electron chi connectivity index (χ0n) is 16.1. The second-order valence-electron chi connectivity index (χ2n) is 7.12. The van der Waals surface area contributed by atoms with Gasteiger partial charge in [-0.2, -0.15) is 0 Å². The smallest absolute Gasteiger partial charge is 0.166 e. The van der Waals surface area contributed by atoms with Crippen LogP contribution in [0.4, 0.5) is 0 Å². The Labute approximate surface area is 170 Å². The minimum atomic E-state index is 0.179. The maximum absolute atomic E-state index is 5.50. The Morgan fingerprint density at radius 3 is 2.04 bits per heavy atom. The van der Waals surface area contributed by atoms with Gasteiger partial charge in [-0.3, -0.25) is 0 Å². The Bertz CT molecular complexity index is 1000. The lowest BCUT2D eigenvalue weighted by Gasteiger charge is -2.19. The summed E-state index contributed by atoms with van der Waals surface area (Å²) in [5.74, 6) is 0.179. The van der Waals surface area contributed by atoms with E-state index < -0.39 is 0 Å². The Balaban J connectivity index is 1.66. The van der Waals surface area contributed by atoms with Gasteiger partial charge in [0.1, 0.15) is 0 Å². The molecule has 0 saturated carbocycles. The fourth-order valence-corrected chi connectivity index (χ4v) is 3.97. The Kier molecular flexibility index (Phi) is 5.63. The third-order valence-electron chi connectivity index (χ3n) is 5.28. The van der Waals surface area contributed by atoms with Crippen molar-refractivity contribution in [1.82, 2.24) is 20.6 Å². The van der Waals surface area contributed by atoms with Crippen LogP contribution < -0.4 is 10.6 Å².